The Labute approximate surface area is 86.9 Å². The third kappa shape index (κ3) is 2.02. The largest absolute Gasteiger partial charge is 0.367 e. The van der Waals surface area contributed by atoms with E-state index in [0.717, 1.165) is 10.3 Å². The van der Waals surface area contributed by atoms with Gasteiger partial charge in [0.1, 0.15) is 5.82 Å². The van der Waals surface area contributed by atoms with Gasteiger partial charge in [-0.3, -0.25) is 0 Å². The second-order valence-electron chi connectivity index (χ2n) is 3.59. The van der Waals surface area contributed by atoms with Crippen molar-refractivity contribution in [1.29, 1.82) is 0 Å². The van der Waals surface area contributed by atoms with Gasteiger partial charge in [-0.05, 0) is 53.7 Å². The van der Waals surface area contributed by atoms with Gasteiger partial charge in [0.25, 0.3) is 0 Å². The van der Waals surface area contributed by atoms with Crippen LogP contribution in [0.5, 0.6) is 0 Å². The molecule has 0 aliphatic heterocycles. The SMILES string of the molecule is Cc1cc(Br)cnc1NC1CCC1. The normalized spacial score (nSPS) is 16.8. The van der Waals surface area contributed by atoms with Crippen LogP contribution in [0, 0.1) is 6.92 Å². The van der Waals surface area contributed by atoms with Gasteiger partial charge in [0, 0.05) is 16.7 Å². The van der Waals surface area contributed by atoms with Gasteiger partial charge < -0.3 is 5.32 Å². The molecule has 1 aliphatic rings. The first kappa shape index (κ1) is 9.00. The van der Waals surface area contributed by atoms with Crippen LogP contribution in [-0.2, 0) is 0 Å². The minimum Gasteiger partial charge on any atom is -0.367 e. The van der Waals surface area contributed by atoms with Gasteiger partial charge in [0.05, 0.1) is 0 Å². The minimum absolute atomic E-state index is 0.660. The van der Waals surface area contributed by atoms with E-state index >= 15 is 0 Å². The maximum absolute atomic E-state index is 4.34. The van der Waals surface area contributed by atoms with E-state index in [1.54, 1.807) is 0 Å². The van der Waals surface area contributed by atoms with E-state index < -0.39 is 0 Å². The number of aryl methyl sites for hydroxylation is 1. The van der Waals surface area contributed by atoms with Gasteiger partial charge in [-0.15, -0.1) is 0 Å². The molecule has 13 heavy (non-hydrogen) atoms. The molecule has 2 nitrogen and oxygen atoms in total. The van der Waals surface area contributed by atoms with Crippen molar-refractivity contribution in [3.05, 3.63) is 22.3 Å². The van der Waals surface area contributed by atoms with Crippen LogP contribution in [0.15, 0.2) is 16.7 Å². The van der Waals surface area contributed by atoms with Crippen LogP contribution in [-0.4, -0.2) is 11.0 Å². The fourth-order valence-electron chi connectivity index (χ4n) is 1.44. The molecule has 0 bridgehead atoms. The van der Waals surface area contributed by atoms with Crippen molar-refractivity contribution in [2.45, 2.75) is 32.2 Å². The maximum Gasteiger partial charge on any atom is 0.129 e. The lowest BCUT2D eigenvalue weighted by Crippen LogP contribution is -2.27. The quantitative estimate of drug-likeness (QED) is 0.860. The predicted octanol–water partition coefficient (Wildman–Crippen LogP) is 3.12. The first-order valence-corrected chi connectivity index (χ1v) is 5.43. The zero-order valence-electron chi connectivity index (χ0n) is 7.68. The fourth-order valence-corrected chi connectivity index (χ4v) is 1.88. The molecule has 0 aromatic carbocycles. The first-order valence-electron chi connectivity index (χ1n) is 4.64. The van der Waals surface area contributed by atoms with Gasteiger partial charge in [-0.25, -0.2) is 4.98 Å². The Balaban J connectivity index is 2.10. The number of anilines is 1. The van der Waals surface area contributed by atoms with Gasteiger partial charge in [-0.1, -0.05) is 0 Å². The lowest BCUT2D eigenvalue weighted by molar-refractivity contribution is 0.444. The van der Waals surface area contributed by atoms with E-state index in [0.29, 0.717) is 6.04 Å². The molecule has 1 N–H and O–H groups in total. The van der Waals surface area contributed by atoms with E-state index in [4.69, 9.17) is 0 Å². The first-order chi connectivity index (χ1) is 6.25. The summed E-state index contributed by atoms with van der Waals surface area (Å²) in [4.78, 5) is 4.34. The average Bonchev–Trinajstić information content (AvgIpc) is 1.99. The monoisotopic (exact) mass is 240 g/mol. The van der Waals surface area contributed by atoms with E-state index in [2.05, 4.69) is 39.2 Å². The van der Waals surface area contributed by atoms with Crippen molar-refractivity contribution in [2.24, 2.45) is 0 Å². The lowest BCUT2D eigenvalue weighted by atomic mass is 9.93. The molecule has 0 amide bonds. The van der Waals surface area contributed by atoms with Crippen molar-refractivity contribution < 1.29 is 0 Å². The third-order valence-electron chi connectivity index (χ3n) is 2.49. The highest BCUT2D eigenvalue weighted by Crippen LogP contribution is 2.24. The molecule has 2 rings (SSSR count). The highest BCUT2D eigenvalue weighted by Gasteiger charge is 2.17. The number of hydrogen-bond donors (Lipinski definition) is 1. The Morgan fingerprint density at radius 1 is 1.54 bits per heavy atom. The molecule has 0 radical (unpaired) electrons. The highest BCUT2D eigenvalue weighted by molar-refractivity contribution is 9.10. The molecule has 0 spiro atoms. The Hall–Kier alpha value is -0.570. The molecule has 0 unspecified atom stereocenters. The summed E-state index contributed by atoms with van der Waals surface area (Å²) >= 11 is 3.40. The Bertz CT molecular complexity index is 308. The molecule has 0 saturated heterocycles. The highest BCUT2D eigenvalue weighted by atomic mass is 79.9. The molecule has 3 heteroatoms. The van der Waals surface area contributed by atoms with Crippen molar-refractivity contribution in [1.82, 2.24) is 4.98 Å². The zero-order valence-corrected chi connectivity index (χ0v) is 9.26. The predicted molar refractivity (Wildman–Crippen MR) is 57.9 cm³/mol. The van der Waals surface area contributed by atoms with Gasteiger partial charge in [0.2, 0.25) is 0 Å². The van der Waals surface area contributed by atoms with E-state index in [9.17, 15) is 0 Å². The Kier molecular flexibility index (Phi) is 2.54. The molecule has 1 heterocycles. The van der Waals surface area contributed by atoms with Gasteiger partial charge in [0.15, 0.2) is 0 Å². The topological polar surface area (TPSA) is 24.9 Å². The van der Waals surface area contributed by atoms with Crippen LogP contribution in [0.4, 0.5) is 5.82 Å². The van der Waals surface area contributed by atoms with Crippen LogP contribution in [0.25, 0.3) is 0 Å². The van der Waals surface area contributed by atoms with E-state index in [1.165, 1.54) is 24.8 Å². The van der Waals surface area contributed by atoms with Crippen LogP contribution < -0.4 is 5.32 Å². The molecule has 1 aromatic rings. The summed E-state index contributed by atoms with van der Waals surface area (Å²) in [5.74, 6) is 1.04. The molecule has 70 valence electrons. The smallest absolute Gasteiger partial charge is 0.129 e. The fraction of sp³-hybridized carbons (Fsp3) is 0.500. The summed E-state index contributed by atoms with van der Waals surface area (Å²) in [5.41, 5.74) is 1.21. The van der Waals surface area contributed by atoms with Crippen LogP contribution in [0.1, 0.15) is 24.8 Å². The summed E-state index contributed by atoms with van der Waals surface area (Å²) < 4.78 is 1.05. The number of nitrogens with zero attached hydrogens (tertiary/aromatic N) is 1. The second kappa shape index (κ2) is 3.66. The van der Waals surface area contributed by atoms with Crippen LogP contribution >= 0.6 is 15.9 Å². The third-order valence-corrected chi connectivity index (χ3v) is 2.92. The van der Waals surface area contributed by atoms with Crippen molar-refractivity contribution in [3.8, 4) is 0 Å². The molecule has 1 aromatic heterocycles. The lowest BCUT2D eigenvalue weighted by Gasteiger charge is -2.27. The average molecular weight is 241 g/mol. The number of pyridine rings is 1. The molecular weight excluding hydrogens is 228 g/mol. The van der Waals surface area contributed by atoms with Crippen molar-refractivity contribution in [3.63, 3.8) is 0 Å². The summed E-state index contributed by atoms with van der Waals surface area (Å²) in [7, 11) is 0. The Morgan fingerprint density at radius 3 is 2.85 bits per heavy atom. The minimum atomic E-state index is 0.660. The second-order valence-corrected chi connectivity index (χ2v) is 4.51. The molecule has 1 aliphatic carbocycles. The summed E-state index contributed by atoms with van der Waals surface area (Å²) in [6.45, 7) is 2.08. The van der Waals surface area contributed by atoms with Gasteiger partial charge >= 0.3 is 0 Å². The van der Waals surface area contributed by atoms with Gasteiger partial charge in [-0.2, -0.15) is 0 Å². The standard InChI is InChI=1S/C10H13BrN2/c1-7-5-8(11)6-12-10(7)13-9-3-2-4-9/h5-6,9H,2-4H2,1H3,(H,12,13). The number of halogens is 1. The summed E-state index contributed by atoms with van der Waals surface area (Å²) in [6, 6.07) is 2.75. The molecule has 1 saturated carbocycles. The number of aromatic nitrogens is 1. The summed E-state index contributed by atoms with van der Waals surface area (Å²) in [6.07, 6.45) is 5.77. The number of nitrogens with one attached hydrogen (secondary N) is 1. The molecular formula is C10H13BrN2. The zero-order chi connectivity index (χ0) is 9.26. The maximum atomic E-state index is 4.34. The number of rotatable bonds is 2. The summed E-state index contributed by atoms with van der Waals surface area (Å²) in [5, 5.41) is 3.44. The van der Waals surface area contributed by atoms with Crippen molar-refractivity contribution >= 4 is 21.7 Å². The van der Waals surface area contributed by atoms with Crippen LogP contribution in [0.2, 0.25) is 0 Å². The van der Waals surface area contributed by atoms with E-state index in [-0.39, 0.29) is 0 Å². The van der Waals surface area contributed by atoms with Crippen molar-refractivity contribution in [2.75, 3.05) is 5.32 Å². The molecule has 1 fully saturated rings. The molecule has 0 atom stereocenters. The Morgan fingerprint density at radius 2 is 2.31 bits per heavy atom. The van der Waals surface area contributed by atoms with Crippen LogP contribution in [0.3, 0.4) is 0 Å². The van der Waals surface area contributed by atoms with E-state index in [1.807, 2.05) is 6.20 Å². The number of hydrogen-bond acceptors (Lipinski definition) is 2.